The number of rotatable bonds is 8. The normalized spacial score (nSPS) is 39.8. The molecule has 0 bridgehead atoms. The molecule has 2 saturated heterocycles. The molecule has 13 heteroatoms. The highest BCUT2D eigenvalue weighted by molar-refractivity contribution is 5.54. The monoisotopic (exact) mass is 516 g/mol. The minimum Gasteiger partial charge on any atom is -0.394 e. The van der Waals surface area contributed by atoms with E-state index in [1.807, 2.05) is 18.2 Å². The zero-order chi connectivity index (χ0) is 26.0. The van der Waals surface area contributed by atoms with Gasteiger partial charge in [0.2, 0.25) is 0 Å². The second kappa shape index (κ2) is 11.9. The molecule has 1 unspecified atom stereocenters. The first-order valence-electron chi connectivity index (χ1n) is 12.1. The van der Waals surface area contributed by atoms with Crippen molar-refractivity contribution in [3.05, 3.63) is 29.3 Å². The Hall–Kier alpha value is -1.46. The maximum absolute atomic E-state index is 10.5. The van der Waals surface area contributed by atoms with Crippen LogP contribution in [0.15, 0.2) is 18.2 Å². The number of ether oxygens (including phenoxy) is 4. The highest BCUT2D eigenvalue weighted by atomic mass is 16.7. The number of aliphatic hydroxyl groups is 7. The molecule has 11 atom stereocenters. The summed E-state index contributed by atoms with van der Waals surface area (Å²) in [6, 6.07) is 5.76. The SMILES string of the molecule is NCC(O[C@@H]1O[C@H](CO[C@@H]2O[C@H](CO)[C@@H](O)[C@H](O)[C@H]2O)[C@@H](O)[C@H](O)[C@H]1O)c1ccc2c(c1)CCCN2. The van der Waals surface area contributed by atoms with Gasteiger partial charge in [-0.15, -0.1) is 0 Å². The second-order valence-electron chi connectivity index (χ2n) is 9.35. The van der Waals surface area contributed by atoms with Crippen LogP contribution in [0.2, 0.25) is 0 Å². The number of fused-ring (bicyclic) bond motifs is 1. The van der Waals surface area contributed by atoms with Crippen LogP contribution < -0.4 is 11.1 Å². The fraction of sp³-hybridized carbons (Fsp3) is 0.739. The van der Waals surface area contributed by atoms with Crippen LogP contribution in [0.5, 0.6) is 0 Å². The quantitative estimate of drug-likeness (QED) is 0.166. The van der Waals surface area contributed by atoms with Gasteiger partial charge < -0.3 is 65.7 Å². The molecule has 0 saturated carbocycles. The lowest BCUT2D eigenvalue weighted by Gasteiger charge is -2.43. The predicted molar refractivity (Wildman–Crippen MR) is 123 cm³/mol. The summed E-state index contributed by atoms with van der Waals surface area (Å²) in [5.41, 5.74) is 8.87. The van der Waals surface area contributed by atoms with E-state index in [2.05, 4.69) is 5.32 Å². The van der Waals surface area contributed by atoms with Crippen LogP contribution in [0.25, 0.3) is 0 Å². The van der Waals surface area contributed by atoms with Gasteiger partial charge >= 0.3 is 0 Å². The largest absolute Gasteiger partial charge is 0.394 e. The Morgan fingerprint density at radius 2 is 1.58 bits per heavy atom. The number of hydrogen-bond acceptors (Lipinski definition) is 13. The van der Waals surface area contributed by atoms with Gasteiger partial charge in [0.05, 0.1) is 19.3 Å². The molecule has 13 nitrogen and oxygen atoms in total. The molecular formula is C23H36N2O11. The molecule has 1 aromatic carbocycles. The van der Waals surface area contributed by atoms with Crippen molar-refractivity contribution in [2.45, 2.75) is 80.4 Å². The van der Waals surface area contributed by atoms with Crippen molar-refractivity contribution >= 4 is 5.69 Å². The molecule has 10 N–H and O–H groups in total. The topological polar surface area (TPSA) is 217 Å². The van der Waals surface area contributed by atoms with Gasteiger partial charge in [-0.2, -0.15) is 0 Å². The summed E-state index contributed by atoms with van der Waals surface area (Å²) in [7, 11) is 0. The zero-order valence-corrected chi connectivity index (χ0v) is 19.7. The second-order valence-corrected chi connectivity index (χ2v) is 9.35. The van der Waals surface area contributed by atoms with Gasteiger partial charge in [0, 0.05) is 18.8 Å². The molecule has 1 aromatic rings. The van der Waals surface area contributed by atoms with Crippen molar-refractivity contribution in [1.82, 2.24) is 0 Å². The number of anilines is 1. The first kappa shape index (κ1) is 27.6. The number of hydrogen-bond donors (Lipinski definition) is 9. The van der Waals surface area contributed by atoms with Crippen molar-refractivity contribution in [2.24, 2.45) is 5.73 Å². The van der Waals surface area contributed by atoms with Crippen LogP contribution in [0.4, 0.5) is 5.69 Å². The molecule has 3 heterocycles. The average molecular weight is 517 g/mol. The minimum absolute atomic E-state index is 0.0590. The van der Waals surface area contributed by atoms with E-state index in [0.717, 1.165) is 36.2 Å². The van der Waals surface area contributed by atoms with Crippen molar-refractivity contribution in [3.8, 4) is 0 Å². The molecule has 2 fully saturated rings. The summed E-state index contributed by atoms with van der Waals surface area (Å²) < 4.78 is 22.4. The van der Waals surface area contributed by atoms with Gasteiger partial charge in [0.15, 0.2) is 12.6 Å². The summed E-state index contributed by atoms with van der Waals surface area (Å²) >= 11 is 0. The molecule has 0 aliphatic carbocycles. The summed E-state index contributed by atoms with van der Waals surface area (Å²) in [6.07, 6.45) is -13.6. The highest BCUT2D eigenvalue weighted by Crippen LogP contribution is 2.31. The van der Waals surface area contributed by atoms with E-state index in [9.17, 15) is 35.7 Å². The van der Waals surface area contributed by atoms with Crippen LogP contribution in [0.3, 0.4) is 0 Å². The van der Waals surface area contributed by atoms with E-state index < -0.39 is 80.7 Å². The third-order valence-corrected chi connectivity index (χ3v) is 6.89. The fourth-order valence-electron chi connectivity index (χ4n) is 4.69. The number of aliphatic hydroxyl groups excluding tert-OH is 7. The maximum atomic E-state index is 10.5. The van der Waals surface area contributed by atoms with Gasteiger partial charge in [-0.05, 0) is 30.0 Å². The number of benzene rings is 1. The number of nitrogens with one attached hydrogen (secondary N) is 1. The summed E-state index contributed by atoms with van der Waals surface area (Å²) in [5.74, 6) is 0. The molecule has 0 aromatic heterocycles. The molecule has 0 spiro atoms. The smallest absolute Gasteiger partial charge is 0.187 e. The average Bonchev–Trinajstić information content (AvgIpc) is 2.90. The molecule has 4 rings (SSSR count). The summed E-state index contributed by atoms with van der Waals surface area (Å²) in [6.45, 7) is -0.111. The van der Waals surface area contributed by atoms with E-state index >= 15 is 0 Å². The Morgan fingerprint density at radius 1 is 0.917 bits per heavy atom. The third kappa shape index (κ3) is 5.67. The van der Waals surface area contributed by atoms with Gasteiger partial charge in [0.25, 0.3) is 0 Å². The molecule has 3 aliphatic heterocycles. The van der Waals surface area contributed by atoms with E-state index in [1.54, 1.807) is 0 Å². The van der Waals surface area contributed by atoms with Crippen molar-refractivity contribution in [1.29, 1.82) is 0 Å². The van der Waals surface area contributed by atoms with Crippen molar-refractivity contribution in [3.63, 3.8) is 0 Å². The first-order valence-corrected chi connectivity index (χ1v) is 12.1. The molecule has 36 heavy (non-hydrogen) atoms. The zero-order valence-electron chi connectivity index (χ0n) is 19.7. The summed E-state index contributed by atoms with van der Waals surface area (Å²) in [5, 5.41) is 73.9. The van der Waals surface area contributed by atoms with Crippen LogP contribution in [-0.2, 0) is 25.4 Å². The van der Waals surface area contributed by atoms with Crippen molar-refractivity contribution in [2.75, 3.05) is 31.6 Å². The van der Waals surface area contributed by atoms with E-state index in [-0.39, 0.29) is 6.54 Å². The van der Waals surface area contributed by atoms with E-state index in [4.69, 9.17) is 24.7 Å². The lowest BCUT2D eigenvalue weighted by atomic mass is 9.97. The molecule has 0 amide bonds. The van der Waals surface area contributed by atoms with Crippen LogP contribution in [0, 0.1) is 0 Å². The fourth-order valence-corrected chi connectivity index (χ4v) is 4.69. The van der Waals surface area contributed by atoms with Gasteiger partial charge in [-0.3, -0.25) is 0 Å². The lowest BCUT2D eigenvalue weighted by Crippen LogP contribution is -2.61. The Labute approximate surface area is 208 Å². The Balaban J connectivity index is 1.42. The standard InChI is InChI=1S/C23H36N2O11/c24-7-13(11-3-4-12-10(6-11)2-1-5-25-12)34-23-21(32)19(30)17(28)15(36-23)9-33-22-20(31)18(29)16(27)14(8-26)35-22/h3-4,6,13-23,25-32H,1-2,5,7-9,24H2/t13?,14-,15-,16-,17-,18+,19+,20-,21-,22-,23-/m1/s1. The Kier molecular flexibility index (Phi) is 9.14. The molecule has 3 aliphatic rings. The highest BCUT2D eigenvalue weighted by Gasteiger charge is 2.48. The Morgan fingerprint density at radius 3 is 2.28 bits per heavy atom. The van der Waals surface area contributed by atoms with E-state index in [0.29, 0.717) is 0 Å². The molecular weight excluding hydrogens is 480 g/mol. The Bertz CT molecular complexity index is 861. The van der Waals surface area contributed by atoms with Gasteiger partial charge in [-0.1, -0.05) is 12.1 Å². The lowest BCUT2D eigenvalue weighted by molar-refractivity contribution is -0.335. The van der Waals surface area contributed by atoms with Crippen molar-refractivity contribution < 1.29 is 54.7 Å². The maximum Gasteiger partial charge on any atom is 0.187 e. The van der Waals surface area contributed by atoms with Crippen LogP contribution >= 0.6 is 0 Å². The first-order chi connectivity index (χ1) is 17.2. The number of aryl methyl sites for hydroxylation is 1. The molecule has 0 radical (unpaired) electrons. The van der Waals surface area contributed by atoms with Gasteiger partial charge in [0.1, 0.15) is 48.8 Å². The third-order valence-electron chi connectivity index (χ3n) is 6.89. The van der Waals surface area contributed by atoms with Crippen LogP contribution in [0.1, 0.15) is 23.7 Å². The summed E-state index contributed by atoms with van der Waals surface area (Å²) in [4.78, 5) is 0. The number of nitrogens with two attached hydrogens (primary N) is 1. The van der Waals surface area contributed by atoms with Gasteiger partial charge in [-0.25, -0.2) is 0 Å². The predicted octanol–water partition coefficient (Wildman–Crippen LogP) is -3.31. The minimum atomic E-state index is -1.65. The van der Waals surface area contributed by atoms with Crippen LogP contribution in [-0.4, -0.2) is 123 Å². The molecule has 204 valence electrons. The van der Waals surface area contributed by atoms with E-state index in [1.165, 1.54) is 0 Å².